The van der Waals surface area contributed by atoms with E-state index < -0.39 is 7.12 Å². The molecule has 0 radical (unpaired) electrons. The fraction of sp³-hybridized carbons (Fsp3) is 0.333. The quantitative estimate of drug-likeness (QED) is 0.528. The van der Waals surface area contributed by atoms with Gasteiger partial charge in [0.25, 0.3) is 0 Å². The van der Waals surface area contributed by atoms with Crippen LogP contribution in [0, 0.1) is 0 Å². The maximum absolute atomic E-state index is 11.7. The molecule has 0 bridgehead atoms. The molecule has 1 saturated heterocycles. The monoisotopic (exact) mass is 362 g/mol. The van der Waals surface area contributed by atoms with Gasteiger partial charge in [0, 0.05) is 17.4 Å². The summed E-state index contributed by atoms with van der Waals surface area (Å²) in [6, 6.07) is 13.7. The van der Waals surface area contributed by atoms with Crippen LogP contribution < -0.4 is 5.46 Å². The molecule has 5 nitrogen and oxygen atoms in total. The molecule has 0 spiro atoms. The predicted molar refractivity (Wildman–Crippen MR) is 107 cm³/mol. The zero-order valence-electron chi connectivity index (χ0n) is 16.1. The SMILES string of the molecule is CC1(C)CC(C)(C)OB(c2cc(-n3ncc4ccccc43)ccc2C=O)O1. The summed E-state index contributed by atoms with van der Waals surface area (Å²) in [5.74, 6) is 0. The van der Waals surface area contributed by atoms with Crippen LogP contribution in [0.5, 0.6) is 0 Å². The number of rotatable bonds is 3. The Morgan fingerprint density at radius 1 is 1.07 bits per heavy atom. The van der Waals surface area contributed by atoms with Crippen molar-refractivity contribution in [2.45, 2.75) is 45.3 Å². The lowest BCUT2D eigenvalue weighted by Gasteiger charge is -2.44. The van der Waals surface area contributed by atoms with Crippen LogP contribution in [0.2, 0.25) is 0 Å². The first-order chi connectivity index (χ1) is 12.8. The fourth-order valence-electron chi connectivity index (χ4n) is 4.02. The summed E-state index contributed by atoms with van der Waals surface area (Å²) in [6.07, 6.45) is 3.46. The van der Waals surface area contributed by atoms with E-state index in [1.54, 1.807) is 6.07 Å². The van der Waals surface area contributed by atoms with Crippen molar-refractivity contribution in [1.82, 2.24) is 9.78 Å². The van der Waals surface area contributed by atoms with Crippen molar-refractivity contribution in [3.05, 3.63) is 54.2 Å². The number of para-hydroxylation sites is 1. The van der Waals surface area contributed by atoms with Gasteiger partial charge in [-0.1, -0.05) is 18.2 Å². The van der Waals surface area contributed by atoms with Gasteiger partial charge in [0.1, 0.15) is 6.29 Å². The van der Waals surface area contributed by atoms with Crippen molar-refractivity contribution >= 4 is 29.8 Å². The number of aromatic nitrogens is 2. The van der Waals surface area contributed by atoms with Crippen molar-refractivity contribution in [1.29, 1.82) is 0 Å². The van der Waals surface area contributed by atoms with Gasteiger partial charge in [-0.25, -0.2) is 4.68 Å². The first-order valence-electron chi connectivity index (χ1n) is 9.16. The number of carbonyl (C=O) groups excluding carboxylic acids is 1. The largest absolute Gasteiger partial charge is 0.495 e. The van der Waals surface area contributed by atoms with Crippen molar-refractivity contribution in [3.8, 4) is 5.69 Å². The molecule has 0 saturated carbocycles. The normalized spacial score (nSPS) is 18.6. The van der Waals surface area contributed by atoms with Gasteiger partial charge < -0.3 is 9.31 Å². The first kappa shape index (κ1) is 18.0. The van der Waals surface area contributed by atoms with Crippen LogP contribution in [0.4, 0.5) is 0 Å². The van der Waals surface area contributed by atoms with Crippen LogP contribution in [0.3, 0.4) is 0 Å². The molecule has 2 heterocycles. The number of nitrogens with zero attached hydrogens (tertiary/aromatic N) is 2. The summed E-state index contributed by atoms with van der Waals surface area (Å²) in [4.78, 5) is 11.7. The second kappa shape index (κ2) is 6.32. The maximum Gasteiger partial charge on any atom is 0.495 e. The number of fused-ring (bicyclic) bond motifs is 1. The third-order valence-electron chi connectivity index (χ3n) is 4.88. The molecule has 0 aliphatic carbocycles. The van der Waals surface area contributed by atoms with Crippen LogP contribution in [-0.2, 0) is 9.31 Å². The van der Waals surface area contributed by atoms with Crippen molar-refractivity contribution in [2.75, 3.05) is 0 Å². The van der Waals surface area contributed by atoms with Gasteiger partial charge in [0.2, 0.25) is 0 Å². The Balaban J connectivity index is 1.81. The zero-order chi connectivity index (χ0) is 19.2. The van der Waals surface area contributed by atoms with Gasteiger partial charge in [-0.3, -0.25) is 4.79 Å². The Hall–Kier alpha value is -2.44. The van der Waals surface area contributed by atoms with Crippen molar-refractivity contribution < 1.29 is 14.1 Å². The van der Waals surface area contributed by atoms with Crippen LogP contribution >= 0.6 is 0 Å². The van der Waals surface area contributed by atoms with E-state index in [0.29, 0.717) is 5.56 Å². The highest BCUT2D eigenvalue weighted by Crippen LogP contribution is 2.33. The second-order valence-corrected chi connectivity index (χ2v) is 8.31. The lowest BCUT2D eigenvalue weighted by molar-refractivity contribution is -0.0716. The van der Waals surface area contributed by atoms with Gasteiger partial charge in [-0.2, -0.15) is 5.10 Å². The maximum atomic E-state index is 11.7. The molecular formula is C21H23BN2O3. The molecule has 6 heteroatoms. The molecular weight excluding hydrogens is 339 g/mol. The third kappa shape index (κ3) is 3.43. The summed E-state index contributed by atoms with van der Waals surface area (Å²) in [5.41, 5.74) is 2.47. The van der Waals surface area contributed by atoms with E-state index in [2.05, 4.69) is 32.8 Å². The lowest BCUT2D eigenvalue weighted by atomic mass is 9.70. The minimum Gasteiger partial charge on any atom is -0.402 e. The molecule has 1 aliphatic heterocycles. The molecule has 0 atom stereocenters. The molecule has 27 heavy (non-hydrogen) atoms. The molecule has 138 valence electrons. The topological polar surface area (TPSA) is 53.4 Å². The standard InChI is InChI=1S/C21H23BN2O3/c1-20(2)14-21(3,4)27-22(26-20)18-11-17(10-9-16(18)13-25)24-19-8-6-5-7-15(19)12-23-24/h5-13H,14H2,1-4H3. The number of hydrogen-bond donors (Lipinski definition) is 0. The molecule has 0 N–H and O–H groups in total. The van der Waals surface area contributed by atoms with Crippen LogP contribution in [0.15, 0.2) is 48.7 Å². The summed E-state index contributed by atoms with van der Waals surface area (Å²) in [6.45, 7) is 8.21. The van der Waals surface area contributed by atoms with Crippen LogP contribution in [-0.4, -0.2) is 34.4 Å². The second-order valence-electron chi connectivity index (χ2n) is 8.31. The molecule has 0 unspecified atom stereocenters. The zero-order valence-corrected chi connectivity index (χ0v) is 16.1. The Labute approximate surface area is 159 Å². The molecule has 1 fully saturated rings. The van der Waals surface area contributed by atoms with Gasteiger partial charge in [-0.05, 0) is 57.4 Å². The van der Waals surface area contributed by atoms with E-state index in [1.165, 1.54) is 0 Å². The average Bonchev–Trinajstić information content (AvgIpc) is 3.02. The number of benzene rings is 2. The summed E-state index contributed by atoms with van der Waals surface area (Å²) >= 11 is 0. The molecule has 0 amide bonds. The van der Waals surface area contributed by atoms with E-state index in [-0.39, 0.29) is 11.2 Å². The minimum absolute atomic E-state index is 0.346. The molecule has 4 rings (SSSR count). The average molecular weight is 362 g/mol. The minimum atomic E-state index is -0.606. The van der Waals surface area contributed by atoms with E-state index in [9.17, 15) is 4.79 Å². The molecule has 3 aromatic rings. The van der Waals surface area contributed by atoms with Crippen LogP contribution in [0.25, 0.3) is 16.6 Å². The predicted octanol–water partition coefficient (Wildman–Crippen LogP) is 3.53. The highest BCUT2D eigenvalue weighted by atomic mass is 16.6. The van der Waals surface area contributed by atoms with E-state index >= 15 is 0 Å². The first-order valence-corrected chi connectivity index (χ1v) is 9.16. The van der Waals surface area contributed by atoms with E-state index in [4.69, 9.17) is 9.31 Å². The third-order valence-corrected chi connectivity index (χ3v) is 4.88. The Morgan fingerprint density at radius 2 is 1.78 bits per heavy atom. The highest BCUT2D eigenvalue weighted by molar-refractivity contribution is 6.63. The van der Waals surface area contributed by atoms with E-state index in [1.807, 2.05) is 47.3 Å². The van der Waals surface area contributed by atoms with Crippen molar-refractivity contribution in [2.24, 2.45) is 0 Å². The molecule has 1 aromatic heterocycles. The summed E-state index contributed by atoms with van der Waals surface area (Å²) in [7, 11) is -0.606. The highest BCUT2D eigenvalue weighted by Gasteiger charge is 2.44. The number of hydrogen-bond acceptors (Lipinski definition) is 4. The van der Waals surface area contributed by atoms with Gasteiger partial charge in [0.15, 0.2) is 0 Å². The lowest BCUT2D eigenvalue weighted by Crippen LogP contribution is -2.56. The van der Waals surface area contributed by atoms with Gasteiger partial charge in [0.05, 0.1) is 28.6 Å². The van der Waals surface area contributed by atoms with Crippen molar-refractivity contribution in [3.63, 3.8) is 0 Å². The summed E-state index contributed by atoms with van der Waals surface area (Å²) < 4.78 is 14.2. The Kier molecular flexibility index (Phi) is 4.20. The Bertz CT molecular complexity index is 994. The van der Waals surface area contributed by atoms with Gasteiger partial charge >= 0.3 is 7.12 Å². The van der Waals surface area contributed by atoms with E-state index in [0.717, 1.165) is 34.8 Å². The smallest absolute Gasteiger partial charge is 0.402 e. The summed E-state index contributed by atoms with van der Waals surface area (Å²) in [5, 5.41) is 5.57. The van der Waals surface area contributed by atoms with Crippen LogP contribution in [0.1, 0.15) is 44.5 Å². The van der Waals surface area contributed by atoms with Gasteiger partial charge in [-0.15, -0.1) is 0 Å². The molecule has 2 aromatic carbocycles. The Morgan fingerprint density at radius 3 is 2.48 bits per heavy atom. The fourth-order valence-corrected chi connectivity index (χ4v) is 4.02. The molecule has 1 aliphatic rings. The number of carbonyl (C=O) groups is 1. The number of aldehydes is 1.